The Kier molecular flexibility index (Phi) is 4.41. The van der Waals surface area contributed by atoms with Gasteiger partial charge in [0.15, 0.2) is 0 Å². The maximum absolute atomic E-state index is 2.64. The van der Waals surface area contributed by atoms with Crippen LogP contribution in [0.2, 0.25) is 0 Å². The Hall–Kier alpha value is -0.820. The van der Waals surface area contributed by atoms with Crippen LogP contribution in [0.4, 0.5) is 0 Å². The van der Waals surface area contributed by atoms with Gasteiger partial charge in [0.1, 0.15) is 0 Å². The van der Waals surface area contributed by atoms with E-state index in [4.69, 9.17) is 0 Å². The van der Waals surface area contributed by atoms with Gasteiger partial charge in [0, 0.05) is 6.54 Å². The van der Waals surface area contributed by atoms with Crippen LogP contribution in [-0.4, -0.2) is 24.5 Å². The molecule has 2 rings (SSSR count). The summed E-state index contributed by atoms with van der Waals surface area (Å²) in [4.78, 5) is 2.64. The smallest absolute Gasteiger partial charge is 0.000703 e. The summed E-state index contributed by atoms with van der Waals surface area (Å²) in [5.74, 6) is 0.908. The molecular weight excluding hydrogens is 194 g/mol. The molecule has 0 amide bonds. The first kappa shape index (κ1) is 11.7. The predicted molar refractivity (Wildman–Crippen MR) is 69.6 cm³/mol. The topological polar surface area (TPSA) is 3.24 Å². The lowest BCUT2D eigenvalue weighted by molar-refractivity contribution is 0.182. The molecule has 1 heterocycles. The van der Waals surface area contributed by atoms with Crippen molar-refractivity contribution in [1.29, 1.82) is 0 Å². The predicted octanol–water partition coefficient (Wildman–Crippen LogP) is 3.35. The van der Waals surface area contributed by atoms with E-state index in [2.05, 4.69) is 42.2 Å². The lowest BCUT2D eigenvalue weighted by Crippen LogP contribution is -2.35. The van der Waals surface area contributed by atoms with Crippen LogP contribution in [-0.2, 0) is 6.42 Å². The molecule has 1 aliphatic rings. The molecule has 1 nitrogen and oxygen atoms in total. The lowest BCUT2D eigenvalue weighted by atomic mass is 10.00. The van der Waals surface area contributed by atoms with Crippen LogP contribution in [0, 0.1) is 5.92 Å². The number of aryl methyl sites for hydroxylation is 1. The summed E-state index contributed by atoms with van der Waals surface area (Å²) in [5, 5.41) is 0. The molecular formula is C15H23N. The minimum Gasteiger partial charge on any atom is -0.303 e. The fourth-order valence-electron chi connectivity index (χ4n) is 2.64. The van der Waals surface area contributed by atoms with Crippen LogP contribution in [0.1, 0.15) is 31.7 Å². The summed E-state index contributed by atoms with van der Waals surface area (Å²) >= 11 is 0. The van der Waals surface area contributed by atoms with Crippen molar-refractivity contribution in [2.75, 3.05) is 19.6 Å². The van der Waals surface area contributed by atoms with Crippen molar-refractivity contribution in [1.82, 2.24) is 4.90 Å². The average molecular weight is 217 g/mol. The van der Waals surface area contributed by atoms with E-state index in [9.17, 15) is 0 Å². The van der Waals surface area contributed by atoms with E-state index in [1.165, 1.54) is 50.9 Å². The van der Waals surface area contributed by atoms with E-state index < -0.39 is 0 Å². The Morgan fingerprint density at radius 2 is 2.06 bits per heavy atom. The molecule has 1 aromatic rings. The van der Waals surface area contributed by atoms with Crippen molar-refractivity contribution in [3.05, 3.63) is 35.9 Å². The first-order valence-corrected chi connectivity index (χ1v) is 6.61. The summed E-state index contributed by atoms with van der Waals surface area (Å²) in [7, 11) is 0. The number of nitrogens with zero attached hydrogens (tertiary/aromatic N) is 1. The van der Waals surface area contributed by atoms with E-state index in [1.54, 1.807) is 0 Å². The third kappa shape index (κ3) is 3.64. The van der Waals surface area contributed by atoms with Gasteiger partial charge in [-0.3, -0.25) is 0 Å². The molecule has 0 aromatic heterocycles. The zero-order valence-corrected chi connectivity index (χ0v) is 10.4. The SMILES string of the molecule is CC1CCCN(CCCc2ccccc2)C1. The number of benzene rings is 1. The molecule has 0 bridgehead atoms. The highest BCUT2D eigenvalue weighted by molar-refractivity contribution is 5.14. The largest absolute Gasteiger partial charge is 0.303 e. The third-order valence-electron chi connectivity index (χ3n) is 3.52. The van der Waals surface area contributed by atoms with Gasteiger partial charge in [0.25, 0.3) is 0 Å². The van der Waals surface area contributed by atoms with E-state index in [0.29, 0.717) is 0 Å². The summed E-state index contributed by atoms with van der Waals surface area (Å²) in [6.07, 6.45) is 5.35. The summed E-state index contributed by atoms with van der Waals surface area (Å²) in [5.41, 5.74) is 1.48. The summed E-state index contributed by atoms with van der Waals surface area (Å²) < 4.78 is 0. The first-order chi connectivity index (χ1) is 7.84. The average Bonchev–Trinajstić information content (AvgIpc) is 2.30. The van der Waals surface area contributed by atoms with Crippen LogP contribution in [0.3, 0.4) is 0 Å². The second-order valence-electron chi connectivity index (χ2n) is 5.14. The fourth-order valence-corrected chi connectivity index (χ4v) is 2.64. The molecule has 1 aliphatic heterocycles. The molecule has 1 saturated heterocycles. The molecule has 0 spiro atoms. The maximum Gasteiger partial charge on any atom is 0.000703 e. The van der Waals surface area contributed by atoms with Crippen molar-refractivity contribution in [2.45, 2.75) is 32.6 Å². The molecule has 1 aromatic carbocycles. The Labute approximate surface area is 99.5 Å². The number of hydrogen-bond donors (Lipinski definition) is 0. The number of piperidine rings is 1. The second kappa shape index (κ2) is 6.05. The Balaban J connectivity index is 1.68. The van der Waals surface area contributed by atoms with E-state index in [1.807, 2.05) is 0 Å². The van der Waals surface area contributed by atoms with Crippen molar-refractivity contribution in [3.63, 3.8) is 0 Å². The number of hydrogen-bond acceptors (Lipinski definition) is 1. The standard InChI is InChI=1S/C15H23N/c1-14-7-5-11-16(13-14)12-6-10-15-8-3-2-4-9-15/h2-4,8-9,14H,5-7,10-13H2,1H3. The van der Waals surface area contributed by atoms with E-state index >= 15 is 0 Å². The van der Waals surface area contributed by atoms with Crippen LogP contribution >= 0.6 is 0 Å². The van der Waals surface area contributed by atoms with E-state index in [-0.39, 0.29) is 0 Å². The summed E-state index contributed by atoms with van der Waals surface area (Å²) in [6.45, 7) is 6.29. The third-order valence-corrected chi connectivity index (χ3v) is 3.52. The highest BCUT2D eigenvalue weighted by Crippen LogP contribution is 2.15. The maximum atomic E-state index is 2.64. The van der Waals surface area contributed by atoms with Gasteiger partial charge < -0.3 is 4.90 Å². The molecule has 1 heteroatoms. The minimum absolute atomic E-state index is 0.908. The highest BCUT2D eigenvalue weighted by atomic mass is 15.1. The molecule has 1 fully saturated rings. The van der Waals surface area contributed by atoms with Crippen molar-refractivity contribution in [2.24, 2.45) is 5.92 Å². The Morgan fingerprint density at radius 1 is 1.25 bits per heavy atom. The minimum atomic E-state index is 0.908. The molecule has 1 atom stereocenters. The van der Waals surface area contributed by atoms with Crippen LogP contribution < -0.4 is 0 Å². The Bertz CT molecular complexity index is 294. The van der Waals surface area contributed by atoms with Crippen molar-refractivity contribution >= 4 is 0 Å². The molecule has 0 radical (unpaired) electrons. The highest BCUT2D eigenvalue weighted by Gasteiger charge is 2.15. The van der Waals surface area contributed by atoms with Gasteiger partial charge in [-0.15, -0.1) is 0 Å². The zero-order chi connectivity index (χ0) is 11.2. The molecule has 16 heavy (non-hydrogen) atoms. The molecule has 0 saturated carbocycles. The first-order valence-electron chi connectivity index (χ1n) is 6.61. The van der Waals surface area contributed by atoms with Gasteiger partial charge in [-0.05, 0) is 50.3 Å². The van der Waals surface area contributed by atoms with Crippen LogP contribution in [0.25, 0.3) is 0 Å². The number of likely N-dealkylation sites (tertiary alicyclic amines) is 1. The normalized spacial score (nSPS) is 22.2. The van der Waals surface area contributed by atoms with Gasteiger partial charge >= 0.3 is 0 Å². The molecule has 1 unspecified atom stereocenters. The van der Waals surface area contributed by atoms with Gasteiger partial charge in [0.05, 0.1) is 0 Å². The molecule has 0 N–H and O–H groups in total. The molecule has 0 aliphatic carbocycles. The fraction of sp³-hybridized carbons (Fsp3) is 0.600. The Morgan fingerprint density at radius 3 is 2.81 bits per heavy atom. The van der Waals surface area contributed by atoms with Gasteiger partial charge in [-0.1, -0.05) is 37.3 Å². The number of rotatable bonds is 4. The quantitative estimate of drug-likeness (QED) is 0.747. The van der Waals surface area contributed by atoms with Gasteiger partial charge in [-0.25, -0.2) is 0 Å². The van der Waals surface area contributed by atoms with E-state index in [0.717, 1.165) is 5.92 Å². The zero-order valence-electron chi connectivity index (χ0n) is 10.4. The lowest BCUT2D eigenvalue weighted by Gasteiger charge is -2.30. The van der Waals surface area contributed by atoms with Crippen LogP contribution in [0.5, 0.6) is 0 Å². The van der Waals surface area contributed by atoms with Gasteiger partial charge in [-0.2, -0.15) is 0 Å². The monoisotopic (exact) mass is 217 g/mol. The van der Waals surface area contributed by atoms with Gasteiger partial charge in [0.2, 0.25) is 0 Å². The van der Waals surface area contributed by atoms with Crippen molar-refractivity contribution < 1.29 is 0 Å². The van der Waals surface area contributed by atoms with Crippen LogP contribution in [0.15, 0.2) is 30.3 Å². The second-order valence-corrected chi connectivity index (χ2v) is 5.14. The summed E-state index contributed by atoms with van der Waals surface area (Å²) in [6, 6.07) is 10.8. The molecule has 88 valence electrons. The van der Waals surface area contributed by atoms with Crippen molar-refractivity contribution in [3.8, 4) is 0 Å².